The molecule has 1 N–H and O–H groups in total. The minimum absolute atomic E-state index is 0.00281. The summed E-state index contributed by atoms with van der Waals surface area (Å²) >= 11 is 6.65. The second-order valence-corrected chi connectivity index (χ2v) is 9.81. The summed E-state index contributed by atoms with van der Waals surface area (Å²) < 4.78 is 17.1. The van der Waals surface area contributed by atoms with Crippen LogP contribution in [0.5, 0.6) is 11.5 Å². The monoisotopic (exact) mass is 492 g/mol. The van der Waals surface area contributed by atoms with E-state index < -0.39 is 6.29 Å². The van der Waals surface area contributed by atoms with Crippen LogP contribution in [0.15, 0.2) is 23.8 Å². The highest BCUT2D eigenvalue weighted by molar-refractivity contribution is 6.33. The molecule has 1 aliphatic rings. The van der Waals surface area contributed by atoms with Crippen LogP contribution in [-0.4, -0.2) is 31.2 Å². The van der Waals surface area contributed by atoms with Crippen molar-refractivity contribution in [1.82, 2.24) is 0 Å². The highest BCUT2D eigenvalue weighted by Crippen LogP contribution is 2.46. The van der Waals surface area contributed by atoms with Gasteiger partial charge in [-0.05, 0) is 57.4 Å². The molecule has 1 aromatic rings. The largest absolute Gasteiger partial charge is 0.507 e. The van der Waals surface area contributed by atoms with Gasteiger partial charge in [-0.1, -0.05) is 56.2 Å². The lowest BCUT2D eigenvalue weighted by Crippen LogP contribution is -2.40. The van der Waals surface area contributed by atoms with Crippen LogP contribution < -0.4 is 4.74 Å². The van der Waals surface area contributed by atoms with E-state index in [0.717, 1.165) is 12.0 Å². The van der Waals surface area contributed by atoms with E-state index in [9.17, 15) is 9.90 Å². The van der Waals surface area contributed by atoms with E-state index >= 15 is 0 Å². The van der Waals surface area contributed by atoms with E-state index in [0.29, 0.717) is 65.2 Å². The summed E-state index contributed by atoms with van der Waals surface area (Å²) in [4.78, 5) is 12.3. The van der Waals surface area contributed by atoms with Crippen LogP contribution in [0, 0.1) is 24.2 Å². The van der Waals surface area contributed by atoms with Gasteiger partial charge in [0.15, 0.2) is 6.29 Å². The Morgan fingerprint density at radius 2 is 1.88 bits per heavy atom. The highest BCUT2D eigenvalue weighted by Gasteiger charge is 2.41. The third kappa shape index (κ3) is 5.87. The molecule has 1 saturated carbocycles. The first kappa shape index (κ1) is 28.4. The van der Waals surface area contributed by atoms with Crippen molar-refractivity contribution in [3.05, 3.63) is 45.5 Å². The van der Waals surface area contributed by atoms with Crippen molar-refractivity contribution in [2.45, 2.75) is 74.0 Å². The van der Waals surface area contributed by atoms with Crippen molar-refractivity contribution >= 4 is 17.4 Å². The second kappa shape index (κ2) is 12.2. The van der Waals surface area contributed by atoms with Crippen molar-refractivity contribution in [3.63, 3.8) is 0 Å². The molecule has 1 aromatic carbocycles. The molecule has 6 heteroatoms. The quantitative estimate of drug-likeness (QED) is 0.278. The lowest BCUT2D eigenvalue weighted by Gasteiger charge is -2.42. The van der Waals surface area contributed by atoms with Gasteiger partial charge < -0.3 is 19.3 Å². The maximum atomic E-state index is 12.3. The summed E-state index contributed by atoms with van der Waals surface area (Å²) in [5, 5.41) is 11.7. The molecule has 190 valence electrons. The summed E-state index contributed by atoms with van der Waals surface area (Å²) in [6.45, 7) is 14.9. The standard InChI is InChI=1S/C28H41ClO5/c1-9-33-27(34-10-2)23-19(5)24(29)26(32-8)21(25(23)31)13-11-17(3)15-16-28(7)18(4)12-14-22(30)20(28)6/h11,15-16,18,20,27,31H,9-10,12-14H2,1-8H3/t18-,20+,28+/m1/s1. The Labute approximate surface area is 210 Å². The van der Waals surface area contributed by atoms with Crippen LogP contribution in [0.2, 0.25) is 5.02 Å². The van der Waals surface area contributed by atoms with E-state index in [1.54, 1.807) is 7.11 Å². The van der Waals surface area contributed by atoms with E-state index in [-0.39, 0.29) is 17.1 Å². The molecule has 2 rings (SSSR count). The number of methoxy groups -OCH3 is 1. The number of allylic oxidation sites excluding steroid dienone is 4. The van der Waals surface area contributed by atoms with Crippen molar-refractivity contribution in [1.29, 1.82) is 0 Å². The van der Waals surface area contributed by atoms with Crippen molar-refractivity contribution in [2.75, 3.05) is 20.3 Å². The van der Waals surface area contributed by atoms with E-state index in [1.165, 1.54) is 0 Å². The predicted octanol–water partition coefficient (Wildman–Crippen LogP) is 7.12. The van der Waals surface area contributed by atoms with E-state index in [1.807, 2.05) is 40.7 Å². The van der Waals surface area contributed by atoms with Gasteiger partial charge in [-0.2, -0.15) is 0 Å². The molecule has 0 aromatic heterocycles. The van der Waals surface area contributed by atoms with Crippen LogP contribution in [0.1, 0.15) is 77.4 Å². The van der Waals surface area contributed by atoms with Crippen LogP contribution in [0.3, 0.4) is 0 Å². The number of Topliss-reactive ketones (excluding diaryl/α,β-unsaturated/α-hetero) is 1. The Morgan fingerprint density at radius 1 is 1.26 bits per heavy atom. The van der Waals surface area contributed by atoms with Gasteiger partial charge >= 0.3 is 0 Å². The van der Waals surface area contributed by atoms with Gasteiger partial charge in [-0.25, -0.2) is 0 Å². The molecule has 1 fully saturated rings. The number of ether oxygens (including phenoxy) is 3. The number of carbonyl (C=O) groups is 1. The molecule has 1 aliphatic carbocycles. The number of carbonyl (C=O) groups excluding carboxylic acids is 1. The van der Waals surface area contributed by atoms with Crippen LogP contribution in [-0.2, 0) is 20.7 Å². The first-order chi connectivity index (χ1) is 16.0. The highest BCUT2D eigenvalue weighted by atomic mass is 35.5. The maximum Gasteiger partial charge on any atom is 0.187 e. The van der Waals surface area contributed by atoms with Gasteiger partial charge in [0.25, 0.3) is 0 Å². The number of phenols is 1. The minimum atomic E-state index is -0.714. The topological polar surface area (TPSA) is 65.0 Å². The van der Waals surface area contributed by atoms with E-state index in [4.69, 9.17) is 25.8 Å². The number of benzene rings is 1. The van der Waals surface area contributed by atoms with Crippen LogP contribution in [0.4, 0.5) is 0 Å². The lowest BCUT2D eigenvalue weighted by molar-refractivity contribution is -0.141. The zero-order valence-electron chi connectivity index (χ0n) is 22.0. The molecular weight excluding hydrogens is 452 g/mol. The molecular formula is C28H41ClO5. The molecule has 0 unspecified atom stereocenters. The van der Waals surface area contributed by atoms with Gasteiger partial charge in [-0.15, -0.1) is 0 Å². The molecule has 34 heavy (non-hydrogen) atoms. The summed E-state index contributed by atoms with van der Waals surface area (Å²) in [7, 11) is 1.55. The average Bonchev–Trinajstić information content (AvgIpc) is 2.81. The third-order valence-corrected chi connectivity index (χ3v) is 7.91. The first-order valence-electron chi connectivity index (χ1n) is 12.2. The summed E-state index contributed by atoms with van der Waals surface area (Å²) in [5.74, 6) is 1.29. The fraction of sp³-hybridized carbons (Fsp3) is 0.607. The fourth-order valence-electron chi connectivity index (χ4n) is 4.69. The molecule has 3 atom stereocenters. The van der Waals surface area contributed by atoms with Crippen molar-refractivity contribution in [3.8, 4) is 11.5 Å². The lowest BCUT2D eigenvalue weighted by atomic mass is 9.61. The Bertz CT molecular complexity index is 929. The molecule has 0 radical (unpaired) electrons. The summed E-state index contributed by atoms with van der Waals surface area (Å²) in [6, 6.07) is 0. The molecule has 0 aliphatic heterocycles. The molecule has 0 heterocycles. The van der Waals surface area contributed by atoms with Crippen LogP contribution >= 0.6 is 11.6 Å². The molecule has 0 amide bonds. The minimum Gasteiger partial charge on any atom is -0.507 e. The Balaban J connectivity index is 2.42. The zero-order chi connectivity index (χ0) is 25.6. The fourth-order valence-corrected chi connectivity index (χ4v) is 4.98. The Kier molecular flexibility index (Phi) is 10.2. The number of hydrogen-bond acceptors (Lipinski definition) is 5. The van der Waals surface area contributed by atoms with Crippen molar-refractivity contribution < 1.29 is 24.1 Å². The van der Waals surface area contributed by atoms with Gasteiger partial charge in [0.05, 0.1) is 17.7 Å². The number of ketones is 1. The normalized spacial score (nSPS) is 23.8. The number of phenolic OH excluding ortho intramolecular Hbond substituents is 1. The smallest absolute Gasteiger partial charge is 0.187 e. The Morgan fingerprint density at radius 3 is 2.44 bits per heavy atom. The van der Waals surface area contributed by atoms with Gasteiger partial charge in [0.2, 0.25) is 0 Å². The number of rotatable bonds is 10. The molecule has 0 spiro atoms. The van der Waals surface area contributed by atoms with Gasteiger partial charge in [0.1, 0.15) is 17.3 Å². The summed E-state index contributed by atoms with van der Waals surface area (Å²) in [5.41, 5.74) is 2.65. The SMILES string of the molecule is CCOC(OCC)c1c(C)c(Cl)c(OC)c(CC=C(C)C=C[C@@]2(C)[C@H](C)CCC(=O)[C@@H]2C)c1O. The molecule has 0 bridgehead atoms. The molecule has 0 saturated heterocycles. The summed E-state index contributed by atoms with van der Waals surface area (Å²) in [6.07, 6.45) is 7.58. The molecule has 5 nitrogen and oxygen atoms in total. The number of aromatic hydroxyl groups is 1. The number of hydrogen-bond donors (Lipinski definition) is 1. The average molecular weight is 493 g/mol. The van der Waals surface area contributed by atoms with Crippen LogP contribution in [0.25, 0.3) is 0 Å². The predicted molar refractivity (Wildman–Crippen MR) is 138 cm³/mol. The number of halogens is 1. The third-order valence-electron chi connectivity index (χ3n) is 7.46. The van der Waals surface area contributed by atoms with E-state index in [2.05, 4.69) is 26.0 Å². The second-order valence-electron chi connectivity index (χ2n) is 9.44. The van der Waals surface area contributed by atoms with Crippen molar-refractivity contribution in [2.24, 2.45) is 17.3 Å². The first-order valence-corrected chi connectivity index (χ1v) is 12.6. The maximum absolute atomic E-state index is 12.3. The van der Waals surface area contributed by atoms with Gasteiger partial charge in [0, 0.05) is 31.1 Å². The van der Waals surface area contributed by atoms with Gasteiger partial charge in [-0.3, -0.25) is 4.79 Å². The Hall–Kier alpha value is -1.82. The zero-order valence-corrected chi connectivity index (χ0v) is 22.7.